The minimum Gasteiger partial charge on any atom is -0.478 e. The van der Waals surface area contributed by atoms with Gasteiger partial charge in [-0.3, -0.25) is 9.59 Å². The summed E-state index contributed by atoms with van der Waals surface area (Å²) >= 11 is 0. The SMILES string of the molecule is CCN1C(=O)C(C)(C)C(=O)N(C)c2cc(C(=O)O)ccc21. The van der Waals surface area contributed by atoms with Crippen LogP contribution in [0, 0.1) is 5.41 Å². The van der Waals surface area contributed by atoms with Gasteiger partial charge in [-0.2, -0.15) is 0 Å². The summed E-state index contributed by atoms with van der Waals surface area (Å²) < 4.78 is 0. The molecular formula is C15H18N2O4. The van der Waals surface area contributed by atoms with E-state index in [-0.39, 0.29) is 17.4 Å². The van der Waals surface area contributed by atoms with Crippen LogP contribution in [0.3, 0.4) is 0 Å². The second-order valence-electron chi connectivity index (χ2n) is 5.55. The number of rotatable bonds is 2. The van der Waals surface area contributed by atoms with Gasteiger partial charge in [0.25, 0.3) is 0 Å². The van der Waals surface area contributed by atoms with Gasteiger partial charge in [0.1, 0.15) is 5.41 Å². The van der Waals surface area contributed by atoms with E-state index in [1.54, 1.807) is 27.0 Å². The Balaban J connectivity index is 2.72. The van der Waals surface area contributed by atoms with E-state index in [2.05, 4.69) is 0 Å². The minimum atomic E-state index is -1.19. The molecule has 2 amide bonds. The molecule has 0 radical (unpaired) electrons. The van der Waals surface area contributed by atoms with Crippen molar-refractivity contribution < 1.29 is 19.5 Å². The molecule has 0 bridgehead atoms. The lowest BCUT2D eigenvalue weighted by atomic mass is 9.90. The van der Waals surface area contributed by atoms with Gasteiger partial charge in [-0.1, -0.05) is 0 Å². The van der Waals surface area contributed by atoms with Crippen molar-refractivity contribution in [2.45, 2.75) is 20.8 Å². The molecule has 6 nitrogen and oxygen atoms in total. The van der Waals surface area contributed by atoms with E-state index < -0.39 is 11.4 Å². The van der Waals surface area contributed by atoms with Gasteiger partial charge in [-0.25, -0.2) is 4.79 Å². The predicted molar refractivity (Wildman–Crippen MR) is 78.6 cm³/mol. The molecule has 1 aliphatic rings. The van der Waals surface area contributed by atoms with E-state index in [9.17, 15) is 14.4 Å². The quantitative estimate of drug-likeness (QED) is 0.842. The van der Waals surface area contributed by atoms with Crippen molar-refractivity contribution in [2.75, 3.05) is 23.4 Å². The maximum Gasteiger partial charge on any atom is 0.335 e. The van der Waals surface area contributed by atoms with Crippen LogP contribution in [0.15, 0.2) is 18.2 Å². The minimum absolute atomic E-state index is 0.0802. The summed E-state index contributed by atoms with van der Waals surface area (Å²) in [7, 11) is 1.56. The topological polar surface area (TPSA) is 77.9 Å². The fourth-order valence-corrected chi connectivity index (χ4v) is 2.53. The lowest BCUT2D eigenvalue weighted by molar-refractivity contribution is -0.137. The maximum atomic E-state index is 12.6. The number of fused-ring (bicyclic) bond motifs is 1. The van der Waals surface area contributed by atoms with Crippen LogP contribution in [-0.4, -0.2) is 36.5 Å². The highest BCUT2D eigenvalue weighted by atomic mass is 16.4. The molecule has 0 spiro atoms. The number of benzene rings is 1. The van der Waals surface area contributed by atoms with Gasteiger partial charge in [-0.05, 0) is 39.0 Å². The summed E-state index contributed by atoms with van der Waals surface area (Å²) in [6, 6.07) is 4.44. The van der Waals surface area contributed by atoms with Gasteiger partial charge < -0.3 is 14.9 Å². The van der Waals surface area contributed by atoms with Crippen LogP contribution in [0.1, 0.15) is 31.1 Å². The monoisotopic (exact) mass is 290 g/mol. The molecule has 0 fully saturated rings. The standard InChI is InChI=1S/C15H18N2O4/c1-5-17-10-7-6-9(12(18)19)8-11(10)16(4)13(20)15(2,3)14(17)21/h6-8H,5H2,1-4H3,(H,18,19). The highest BCUT2D eigenvalue weighted by Gasteiger charge is 2.45. The van der Waals surface area contributed by atoms with E-state index >= 15 is 0 Å². The molecule has 1 aromatic rings. The van der Waals surface area contributed by atoms with Crippen LogP contribution < -0.4 is 9.80 Å². The van der Waals surface area contributed by atoms with Gasteiger partial charge in [-0.15, -0.1) is 0 Å². The Labute approximate surface area is 123 Å². The molecule has 1 N–H and O–H groups in total. The number of hydrogen-bond acceptors (Lipinski definition) is 3. The number of carbonyl (C=O) groups is 3. The lowest BCUT2D eigenvalue weighted by Gasteiger charge is -2.27. The second kappa shape index (κ2) is 4.87. The van der Waals surface area contributed by atoms with E-state index in [1.807, 2.05) is 6.92 Å². The fraction of sp³-hybridized carbons (Fsp3) is 0.400. The number of carboxylic acids is 1. The zero-order valence-electron chi connectivity index (χ0n) is 12.5. The smallest absolute Gasteiger partial charge is 0.335 e. The van der Waals surface area contributed by atoms with Gasteiger partial charge in [0, 0.05) is 13.6 Å². The third-order valence-electron chi connectivity index (χ3n) is 3.81. The number of carboxylic acid groups (broad SMARTS) is 1. The van der Waals surface area contributed by atoms with Gasteiger partial charge >= 0.3 is 5.97 Å². The molecule has 112 valence electrons. The molecule has 6 heteroatoms. The molecule has 21 heavy (non-hydrogen) atoms. The van der Waals surface area contributed by atoms with Crippen LogP contribution in [-0.2, 0) is 9.59 Å². The fourth-order valence-electron chi connectivity index (χ4n) is 2.53. The number of hydrogen-bond donors (Lipinski definition) is 1. The van der Waals surface area contributed by atoms with Gasteiger partial charge in [0.15, 0.2) is 0 Å². The number of aromatic carboxylic acids is 1. The first-order valence-electron chi connectivity index (χ1n) is 6.69. The van der Waals surface area contributed by atoms with Gasteiger partial charge in [0.05, 0.1) is 16.9 Å². The number of amides is 2. The van der Waals surface area contributed by atoms with E-state index in [1.165, 1.54) is 21.9 Å². The number of anilines is 2. The van der Waals surface area contributed by atoms with Crippen molar-refractivity contribution in [3.63, 3.8) is 0 Å². The van der Waals surface area contributed by atoms with Crippen LogP contribution >= 0.6 is 0 Å². The largest absolute Gasteiger partial charge is 0.478 e. The molecule has 1 heterocycles. The van der Waals surface area contributed by atoms with Crippen LogP contribution in [0.25, 0.3) is 0 Å². The highest BCUT2D eigenvalue weighted by molar-refractivity contribution is 6.20. The van der Waals surface area contributed by atoms with Crippen LogP contribution in [0.5, 0.6) is 0 Å². The Morgan fingerprint density at radius 1 is 1.19 bits per heavy atom. The van der Waals surface area contributed by atoms with E-state index in [0.717, 1.165) is 0 Å². The molecule has 0 atom stereocenters. The summed E-state index contributed by atoms with van der Waals surface area (Å²) in [5.41, 5.74) is -0.126. The molecule has 0 saturated heterocycles. The van der Waals surface area contributed by atoms with Crippen molar-refractivity contribution in [2.24, 2.45) is 5.41 Å². The second-order valence-corrected chi connectivity index (χ2v) is 5.55. The lowest BCUT2D eigenvalue weighted by Crippen LogP contribution is -2.47. The van der Waals surface area contributed by atoms with Gasteiger partial charge in [0.2, 0.25) is 11.8 Å². The summed E-state index contributed by atoms with van der Waals surface area (Å²) in [6.07, 6.45) is 0. The molecule has 0 aliphatic carbocycles. The summed E-state index contributed by atoms with van der Waals surface area (Å²) in [5.74, 6) is -1.72. The summed E-state index contributed by atoms with van der Waals surface area (Å²) in [5, 5.41) is 9.10. The Bertz CT molecular complexity index is 637. The van der Waals surface area contributed by atoms with Crippen molar-refractivity contribution in [3.05, 3.63) is 23.8 Å². The normalized spacial score (nSPS) is 17.5. The first kappa shape index (κ1) is 15.0. The zero-order chi connectivity index (χ0) is 15.9. The predicted octanol–water partition coefficient (Wildman–Crippen LogP) is 1.74. The molecule has 0 saturated carbocycles. The third-order valence-corrected chi connectivity index (χ3v) is 3.81. The molecular weight excluding hydrogens is 272 g/mol. The number of nitrogens with zero attached hydrogens (tertiary/aromatic N) is 2. The Morgan fingerprint density at radius 3 is 2.33 bits per heavy atom. The highest BCUT2D eigenvalue weighted by Crippen LogP contribution is 2.38. The first-order chi connectivity index (χ1) is 9.71. The first-order valence-corrected chi connectivity index (χ1v) is 6.69. The molecule has 0 unspecified atom stereocenters. The van der Waals surface area contributed by atoms with Crippen LogP contribution in [0.2, 0.25) is 0 Å². The Hall–Kier alpha value is -2.37. The average molecular weight is 290 g/mol. The molecule has 1 aromatic carbocycles. The van der Waals surface area contributed by atoms with Crippen molar-refractivity contribution in [1.82, 2.24) is 0 Å². The maximum absolute atomic E-state index is 12.6. The summed E-state index contributed by atoms with van der Waals surface area (Å²) in [6.45, 7) is 5.39. The third kappa shape index (κ3) is 2.16. The van der Waals surface area contributed by atoms with Crippen LogP contribution in [0.4, 0.5) is 11.4 Å². The van der Waals surface area contributed by atoms with Crippen molar-refractivity contribution >= 4 is 29.2 Å². The summed E-state index contributed by atoms with van der Waals surface area (Å²) in [4.78, 5) is 39.1. The van der Waals surface area contributed by atoms with Crippen molar-refractivity contribution in [1.29, 1.82) is 0 Å². The Kier molecular flexibility index (Phi) is 3.49. The Morgan fingerprint density at radius 2 is 1.81 bits per heavy atom. The molecule has 1 aliphatic heterocycles. The molecule has 0 aromatic heterocycles. The number of carbonyl (C=O) groups excluding carboxylic acids is 2. The molecule has 2 rings (SSSR count). The average Bonchev–Trinajstić information content (AvgIpc) is 2.50. The van der Waals surface area contributed by atoms with E-state index in [4.69, 9.17) is 5.11 Å². The zero-order valence-corrected chi connectivity index (χ0v) is 12.5. The van der Waals surface area contributed by atoms with E-state index in [0.29, 0.717) is 17.9 Å². The van der Waals surface area contributed by atoms with Crippen molar-refractivity contribution in [3.8, 4) is 0 Å².